The summed E-state index contributed by atoms with van der Waals surface area (Å²) >= 11 is 0. The molecule has 0 bridgehead atoms. The third-order valence-electron chi connectivity index (χ3n) is 4.67. The van der Waals surface area contributed by atoms with Crippen molar-refractivity contribution >= 4 is 11.9 Å². The summed E-state index contributed by atoms with van der Waals surface area (Å²) < 4.78 is 16.3. The Balaban J connectivity index is 2.07. The number of fused-ring (bicyclic) bond motifs is 1. The molecule has 2 unspecified atom stereocenters. The minimum Gasteiger partial charge on any atom is -0.497 e. The summed E-state index contributed by atoms with van der Waals surface area (Å²) in [7, 11) is 1.60. The Labute approximate surface area is 160 Å². The molecule has 1 aliphatic heterocycles. The van der Waals surface area contributed by atoms with E-state index < -0.39 is 11.9 Å². The van der Waals surface area contributed by atoms with Gasteiger partial charge in [-0.1, -0.05) is 6.92 Å². The van der Waals surface area contributed by atoms with E-state index in [9.17, 15) is 14.7 Å². The van der Waals surface area contributed by atoms with Gasteiger partial charge in [0.1, 0.15) is 18.1 Å². The molecule has 27 heavy (non-hydrogen) atoms. The number of carboxylic acids is 1. The van der Waals surface area contributed by atoms with Crippen LogP contribution in [0.3, 0.4) is 0 Å². The van der Waals surface area contributed by atoms with Crippen molar-refractivity contribution in [3.63, 3.8) is 0 Å². The number of carbonyl (C=O) groups excluding carboxylic acids is 1. The van der Waals surface area contributed by atoms with Crippen LogP contribution < -0.4 is 9.47 Å². The van der Waals surface area contributed by atoms with Crippen LogP contribution in [0.2, 0.25) is 0 Å². The van der Waals surface area contributed by atoms with Gasteiger partial charge in [-0.15, -0.1) is 0 Å². The number of carbonyl (C=O) groups is 2. The summed E-state index contributed by atoms with van der Waals surface area (Å²) in [6.45, 7) is 5.64. The topological polar surface area (TPSA) is 85.3 Å². The summed E-state index contributed by atoms with van der Waals surface area (Å²) in [5, 5.41) is 9.22. The second-order valence-electron chi connectivity index (χ2n) is 6.76. The van der Waals surface area contributed by atoms with Crippen LogP contribution in [0.25, 0.3) is 0 Å². The predicted octanol–water partition coefficient (Wildman–Crippen LogP) is 2.22. The van der Waals surface area contributed by atoms with Gasteiger partial charge in [-0.3, -0.25) is 9.59 Å². The van der Waals surface area contributed by atoms with Crippen molar-refractivity contribution in [2.24, 2.45) is 11.8 Å². The highest BCUT2D eigenvalue weighted by Gasteiger charge is 2.31. The molecule has 0 aliphatic carbocycles. The molecule has 1 aliphatic rings. The number of benzene rings is 1. The summed E-state index contributed by atoms with van der Waals surface area (Å²) in [6.07, 6.45) is 1.22. The van der Waals surface area contributed by atoms with Crippen LogP contribution in [-0.4, -0.2) is 61.9 Å². The van der Waals surface area contributed by atoms with Gasteiger partial charge in [0.15, 0.2) is 0 Å². The molecule has 0 aromatic heterocycles. The number of carboxylic acid groups (broad SMARTS) is 1. The van der Waals surface area contributed by atoms with E-state index in [1.165, 1.54) is 0 Å². The molecule has 0 saturated carbocycles. The zero-order valence-electron chi connectivity index (χ0n) is 16.3. The minimum atomic E-state index is -0.910. The van der Waals surface area contributed by atoms with Crippen LogP contribution in [0, 0.1) is 11.8 Å². The highest BCUT2D eigenvalue weighted by atomic mass is 16.5. The number of nitrogens with zero attached hydrogens (tertiary/aromatic N) is 1. The van der Waals surface area contributed by atoms with Gasteiger partial charge in [-0.25, -0.2) is 0 Å². The molecular formula is C20H29NO6. The van der Waals surface area contributed by atoms with Gasteiger partial charge in [0.2, 0.25) is 5.91 Å². The summed E-state index contributed by atoms with van der Waals surface area (Å²) in [4.78, 5) is 25.9. The predicted molar refractivity (Wildman–Crippen MR) is 100 cm³/mol. The minimum absolute atomic E-state index is 0.0759. The average molecular weight is 379 g/mol. The number of hydrogen-bond donors (Lipinski definition) is 1. The van der Waals surface area contributed by atoms with E-state index in [0.29, 0.717) is 39.2 Å². The molecule has 7 nitrogen and oxygen atoms in total. The van der Waals surface area contributed by atoms with Crippen LogP contribution in [-0.2, 0) is 20.7 Å². The molecular weight excluding hydrogens is 350 g/mol. The molecule has 7 heteroatoms. The molecule has 0 spiro atoms. The summed E-state index contributed by atoms with van der Waals surface area (Å²) in [5.74, 6) is -0.462. The third kappa shape index (κ3) is 5.85. The van der Waals surface area contributed by atoms with Gasteiger partial charge < -0.3 is 24.2 Å². The number of amides is 1. The van der Waals surface area contributed by atoms with E-state index in [1.807, 2.05) is 25.1 Å². The molecule has 1 amide bonds. The summed E-state index contributed by atoms with van der Waals surface area (Å²) in [5.41, 5.74) is 0.930. The standard InChI is InChI=1S/C20H29NO6/c1-4-26-9-5-8-21(12-14(2)20(23)24)19(22)16-10-15-11-17(25-3)6-7-18(15)27-13-16/h6-7,11,14,16H,4-5,8-10,12-13H2,1-3H3,(H,23,24). The molecule has 2 rings (SSSR count). The van der Waals surface area contributed by atoms with Crippen molar-refractivity contribution in [1.29, 1.82) is 0 Å². The molecule has 1 aromatic carbocycles. The van der Waals surface area contributed by atoms with E-state index in [2.05, 4.69) is 0 Å². The molecule has 0 saturated heterocycles. The first-order chi connectivity index (χ1) is 13.0. The van der Waals surface area contributed by atoms with Gasteiger partial charge in [-0.2, -0.15) is 0 Å². The van der Waals surface area contributed by atoms with Crippen molar-refractivity contribution in [3.8, 4) is 11.5 Å². The third-order valence-corrected chi connectivity index (χ3v) is 4.67. The second kappa shape index (κ2) is 10.2. The van der Waals surface area contributed by atoms with Crippen LogP contribution in [0.5, 0.6) is 11.5 Å². The lowest BCUT2D eigenvalue weighted by Crippen LogP contribution is -2.44. The maximum Gasteiger partial charge on any atom is 0.308 e. The fourth-order valence-corrected chi connectivity index (χ4v) is 3.12. The smallest absolute Gasteiger partial charge is 0.308 e. The van der Waals surface area contributed by atoms with E-state index in [1.54, 1.807) is 18.9 Å². The fraction of sp³-hybridized carbons (Fsp3) is 0.600. The van der Waals surface area contributed by atoms with Gasteiger partial charge in [0, 0.05) is 26.3 Å². The highest BCUT2D eigenvalue weighted by Crippen LogP contribution is 2.31. The molecule has 150 valence electrons. The molecule has 1 N–H and O–H groups in total. The van der Waals surface area contributed by atoms with Gasteiger partial charge in [0.25, 0.3) is 0 Å². The number of methoxy groups -OCH3 is 1. The summed E-state index contributed by atoms with van der Waals surface area (Å²) in [6, 6.07) is 5.56. The van der Waals surface area contributed by atoms with Crippen LogP contribution in [0.15, 0.2) is 18.2 Å². The fourth-order valence-electron chi connectivity index (χ4n) is 3.12. The van der Waals surface area contributed by atoms with E-state index in [4.69, 9.17) is 14.2 Å². The van der Waals surface area contributed by atoms with E-state index >= 15 is 0 Å². The second-order valence-corrected chi connectivity index (χ2v) is 6.76. The normalized spacial score (nSPS) is 16.8. The molecule has 1 heterocycles. The number of ether oxygens (including phenoxy) is 3. The van der Waals surface area contributed by atoms with Crippen molar-refractivity contribution in [2.75, 3.05) is 40.0 Å². The lowest BCUT2D eigenvalue weighted by Gasteiger charge is -2.31. The monoisotopic (exact) mass is 379 g/mol. The number of aliphatic carboxylic acids is 1. The Bertz CT molecular complexity index is 647. The Morgan fingerprint density at radius 1 is 1.41 bits per heavy atom. The van der Waals surface area contributed by atoms with Crippen molar-refractivity contribution in [2.45, 2.75) is 26.7 Å². The molecule has 2 atom stereocenters. The lowest BCUT2D eigenvalue weighted by atomic mass is 9.94. The first kappa shape index (κ1) is 21.0. The maximum absolute atomic E-state index is 13.1. The van der Waals surface area contributed by atoms with Gasteiger partial charge >= 0.3 is 5.97 Å². The van der Waals surface area contributed by atoms with Crippen LogP contribution in [0.1, 0.15) is 25.8 Å². The molecule has 1 aromatic rings. The number of hydrogen-bond acceptors (Lipinski definition) is 5. The van der Waals surface area contributed by atoms with Crippen LogP contribution >= 0.6 is 0 Å². The zero-order chi connectivity index (χ0) is 19.8. The molecule has 0 radical (unpaired) electrons. The van der Waals surface area contributed by atoms with E-state index in [0.717, 1.165) is 17.1 Å². The van der Waals surface area contributed by atoms with Crippen molar-refractivity contribution < 1.29 is 28.9 Å². The Kier molecular flexibility index (Phi) is 7.91. The average Bonchev–Trinajstić information content (AvgIpc) is 2.68. The van der Waals surface area contributed by atoms with Crippen molar-refractivity contribution in [3.05, 3.63) is 23.8 Å². The lowest BCUT2D eigenvalue weighted by molar-refractivity contribution is -0.144. The Morgan fingerprint density at radius 3 is 2.85 bits per heavy atom. The first-order valence-corrected chi connectivity index (χ1v) is 9.35. The SMILES string of the molecule is CCOCCCN(CC(C)C(=O)O)C(=O)C1COc2ccc(OC)cc2C1. The highest BCUT2D eigenvalue weighted by molar-refractivity contribution is 5.80. The molecule has 0 fully saturated rings. The van der Waals surface area contributed by atoms with Crippen molar-refractivity contribution in [1.82, 2.24) is 4.90 Å². The largest absolute Gasteiger partial charge is 0.497 e. The Hall–Kier alpha value is -2.28. The van der Waals surface area contributed by atoms with E-state index in [-0.39, 0.29) is 18.4 Å². The Morgan fingerprint density at radius 2 is 2.19 bits per heavy atom. The first-order valence-electron chi connectivity index (χ1n) is 9.35. The quantitative estimate of drug-likeness (QED) is 0.628. The van der Waals surface area contributed by atoms with Gasteiger partial charge in [0.05, 0.1) is 18.9 Å². The maximum atomic E-state index is 13.1. The zero-order valence-corrected chi connectivity index (χ0v) is 16.3. The van der Waals surface area contributed by atoms with Crippen LogP contribution in [0.4, 0.5) is 0 Å². The number of rotatable bonds is 10. The van der Waals surface area contributed by atoms with Gasteiger partial charge in [-0.05, 0) is 43.5 Å².